The van der Waals surface area contributed by atoms with Crippen molar-refractivity contribution in [1.29, 1.82) is 0 Å². The van der Waals surface area contributed by atoms with Gasteiger partial charge in [0, 0.05) is 10.0 Å². The predicted octanol–water partition coefficient (Wildman–Crippen LogP) is 5.03. The van der Waals surface area contributed by atoms with Crippen molar-refractivity contribution >= 4 is 39.4 Å². The van der Waals surface area contributed by atoms with Crippen molar-refractivity contribution in [3.8, 4) is 5.69 Å². The van der Waals surface area contributed by atoms with E-state index in [2.05, 4.69) is 46.4 Å². The Morgan fingerprint density at radius 2 is 1.88 bits per heavy atom. The number of carbonyl (C=O) groups is 1. The Kier molecular flexibility index (Phi) is 4.63. The van der Waals surface area contributed by atoms with Crippen molar-refractivity contribution in [1.82, 2.24) is 9.78 Å². The van der Waals surface area contributed by atoms with Crippen molar-refractivity contribution in [2.75, 3.05) is 11.1 Å². The zero-order valence-electron chi connectivity index (χ0n) is 14.5. The molecule has 0 unspecified atom stereocenters. The third-order valence-corrected chi connectivity index (χ3v) is 6.32. The molecule has 4 nitrogen and oxygen atoms in total. The smallest absolute Gasteiger partial charge is 0.235 e. The number of amides is 1. The van der Waals surface area contributed by atoms with E-state index in [0.717, 1.165) is 32.8 Å². The molecule has 0 saturated heterocycles. The number of hydrogen-bond acceptors (Lipinski definition) is 3. The molecule has 132 valence electrons. The SMILES string of the molecule is Cc1ccccc1-n1nc(C)c2c1NC(=O)CS[C@@H]2c1ccc(Br)cc1. The van der Waals surface area contributed by atoms with Crippen LogP contribution in [0.15, 0.2) is 53.0 Å². The number of carbonyl (C=O) groups excluding carboxylic acids is 1. The molecule has 2 aromatic carbocycles. The Hall–Kier alpha value is -2.05. The van der Waals surface area contributed by atoms with E-state index in [1.807, 2.05) is 41.9 Å². The van der Waals surface area contributed by atoms with Gasteiger partial charge < -0.3 is 5.32 Å². The summed E-state index contributed by atoms with van der Waals surface area (Å²) in [6, 6.07) is 16.4. The first kappa shape index (κ1) is 17.4. The molecule has 26 heavy (non-hydrogen) atoms. The van der Waals surface area contributed by atoms with Crippen molar-refractivity contribution in [3.63, 3.8) is 0 Å². The zero-order valence-corrected chi connectivity index (χ0v) is 16.9. The van der Waals surface area contributed by atoms with Gasteiger partial charge in [0.2, 0.25) is 5.91 Å². The Morgan fingerprint density at radius 1 is 1.15 bits per heavy atom. The van der Waals surface area contributed by atoms with E-state index in [-0.39, 0.29) is 11.2 Å². The molecule has 1 aliphatic rings. The second-order valence-corrected chi connectivity index (χ2v) is 8.35. The number of halogens is 1. The molecule has 0 saturated carbocycles. The van der Waals surface area contributed by atoms with Crippen LogP contribution in [0.2, 0.25) is 0 Å². The van der Waals surface area contributed by atoms with Gasteiger partial charge in [0.15, 0.2) is 0 Å². The molecule has 2 heterocycles. The van der Waals surface area contributed by atoms with Gasteiger partial charge in [-0.3, -0.25) is 4.79 Å². The van der Waals surface area contributed by atoms with Crippen LogP contribution >= 0.6 is 27.7 Å². The number of hydrogen-bond donors (Lipinski definition) is 1. The van der Waals surface area contributed by atoms with Crippen LogP contribution in [0.3, 0.4) is 0 Å². The first-order valence-electron chi connectivity index (χ1n) is 8.37. The lowest BCUT2D eigenvalue weighted by Crippen LogP contribution is -2.16. The molecule has 3 aromatic rings. The lowest BCUT2D eigenvalue weighted by molar-refractivity contribution is -0.113. The largest absolute Gasteiger partial charge is 0.310 e. The molecule has 0 bridgehead atoms. The Morgan fingerprint density at radius 3 is 2.62 bits per heavy atom. The van der Waals surface area contributed by atoms with Crippen LogP contribution in [0.25, 0.3) is 5.69 Å². The van der Waals surface area contributed by atoms with Crippen LogP contribution in [0.5, 0.6) is 0 Å². The first-order valence-corrected chi connectivity index (χ1v) is 10.2. The number of rotatable bonds is 2. The van der Waals surface area contributed by atoms with Gasteiger partial charge in [-0.1, -0.05) is 46.3 Å². The Balaban J connectivity index is 1.91. The maximum Gasteiger partial charge on any atom is 0.235 e. The van der Waals surface area contributed by atoms with E-state index >= 15 is 0 Å². The monoisotopic (exact) mass is 427 g/mol. The predicted molar refractivity (Wildman–Crippen MR) is 110 cm³/mol. The van der Waals surface area contributed by atoms with Crippen LogP contribution in [0.1, 0.15) is 27.6 Å². The molecule has 0 radical (unpaired) electrons. The average Bonchev–Trinajstić information content (AvgIpc) is 2.82. The molecule has 1 atom stereocenters. The van der Waals surface area contributed by atoms with Crippen LogP contribution in [-0.4, -0.2) is 21.4 Å². The lowest BCUT2D eigenvalue weighted by atomic mass is 10.0. The third-order valence-electron chi connectivity index (χ3n) is 4.52. The molecule has 1 aliphatic heterocycles. The van der Waals surface area contributed by atoms with Gasteiger partial charge in [0.25, 0.3) is 0 Å². The summed E-state index contributed by atoms with van der Waals surface area (Å²) >= 11 is 5.13. The van der Waals surface area contributed by atoms with Crippen LogP contribution in [-0.2, 0) is 4.79 Å². The van der Waals surface area contributed by atoms with E-state index < -0.39 is 0 Å². The molecule has 1 N–H and O–H groups in total. The number of nitrogens with zero attached hydrogens (tertiary/aromatic N) is 2. The van der Waals surface area contributed by atoms with Gasteiger partial charge in [0.05, 0.1) is 22.4 Å². The number of aryl methyl sites for hydroxylation is 2. The number of anilines is 1. The van der Waals surface area contributed by atoms with E-state index in [1.54, 1.807) is 11.8 Å². The fourth-order valence-electron chi connectivity index (χ4n) is 3.26. The van der Waals surface area contributed by atoms with Gasteiger partial charge in [-0.05, 0) is 43.2 Å². The molecule has 4 rings (SSSR count). The minimum Gasteiger partial charge on any atom is -0.310 e. The highest BCUT2D eigenvalue weighted by Crippen LogP contribution is 2.44. The topological polar surface area (TPSA) is 46.9 Å². The fourth-order valence-corrected chi connectivity index (χ4v) is 4.71. The number of aromatic nitrogens is 2. The highest BCUT2D eigenvalue weighted by Gasteiger charge is 2.30. The van der Waals surface area contributed by atoms with Crippen LogP contribution in [0.4, 0.5) is 5.82 Å². The third kappa shape index (κ3) is 3.08. The van der Waals surface area contributed by atoms with E-state index in [4.69, 9.17) is 5.10 Å². The zero-order chi connectivity index (χ0) is 18.3. The number of fused-ring (bicyclic) bond motifs is 1. The Labute approximate surface area is 165 Å². The summed E-state index contributed by atoms with van der Waals surface area (Å²) in [6.45, 7) is 4.07. The summed E-state index contributed by atoms with van der Waals surface area (Å²) in [5.41, 5.74) is 5.28. The lowest BCUT2D eigenvalue weighted by Gasteiger charge is -2.15. The number of nitrogens with one attached hydrogen (secondary N) is 1. The maximum atomic E-state index is 12.4. The summed E-state index contributed by atoms with van der Waals surface area (Å²) in [5, 5.41) is 7.92. The van der Waals surface area contributed by atoms with Gasteiger partial charge in [0.1, 0.15) is 5.82 Å². The van der Waals surface area contributed by atoms with E-state index in [1.165, 1.54) is 5.56 Å². The normalized spacial score (nSPS) is 16.7. The Bertz CT molecular complexity index is 981. The van der Waals surface area contributed by atoms with Gasteiger partial charge in [-0.25, -0.2) is 4.68 Å². The van der Waals surface area contributed by atoms with Crippen LogP contribution < -0.4 is 5.32 Å². The highest BCUT2D eigenvalue weighted by molar-refractivity contribution is 9.10. The maximum absolute atomic E-state index is 12.4. The van der Waals surface area contributed by atoms with Crippen molar-refractivity contribution < 1.29 is 4.79 Å². The van der Waals surface area contributed by atoms with Gasteiger partial charge in [-0.15, -0.1) is 11.8 Å². The second-order valence-electron chi connectivity index (χ2n) is 6.34. The second kappa shape index (κ2) is 6.93. The fraction of sp³-hybridized carbons (Fsp3) is 0.200. The quantitative estimate of drug-likeness (QED) is 0.623. The molecule has 1 amide bonds. The standard InChI is InChI=1S/C20H18BrN3OS/c1-12-5-3-4-6-16(12)24-20-18(13(2)23-24)19(26-11-17(25)22-20)14-7-9-15(21)10-8-14/h3-10,19H,11H2,1-2H3,(H,22,25)/t19-/m1/s1. The molecule has 6 heteroatoms. The highest BCUT2D eigenvalue weighted by atomic mass is 79.9. The van der Waals surface area contributed by atoms with Crippen molar-refractivity contribution in [2.24, 2.45) is 0 Å². The summed E-state index contributed by atoms with van der Waals surface area (Å²) in [7, 11) is 0. The summed E-state index contributed by atoms with van der Waals surface area (Å²) in [4.78, 5) is 12.4. The summed E-state index contributed by atoms with van der Waals surface area (Å²) in [6.07, 6.45) is 0. The minimum absolute atomic E-state index is 0.00518. The van der Waals surface area contributed by atoms with Crippen molar-refractivity contribution in [2.45, 2.75) is 19.1 Å². The van der Waals surface area contributed by atoms with E-state index in [9.17, 15) is 4.79 Å². The molecular weight excluding hydrogens is 410 g/mol. The van der Waals surface area contributed by atoms with Crippen LogP contribution in [0, 0.1) is 13.8 Å². The molecule has 0 spiro atoms. The molecule has 0 fully saturated rings. The summed E-state index contributed by atoms with van der Waals surface area (Å²) < 4.78 is 2.91. The average molecular weight is 428 g/mol. The molecule has 0 aliphatic carbocycles. The number of thioether (sulfide) groups is 1. The van der Waals surface area contributed by atoms with E-state index in [0.29, 0.717) is 5.75 Å². The first-order chi connectivity index (χ1) is 12.5. The minimum atomic E-state index is 0.00518. The summed E-state index contributed by atoms with van der Waals surface area (Å²) in [5.74, 6) is 1.20. The van der Waals surface area contributed by atoms with Gasteiger partial charge in [-0.2, -0.15) is 5.10 Å². The number of benzene rings is 2. The molecular formula is C20H18BrN3OS. The molecule has 1 aromatic heterocycles. The number of para-hydroxylation sites is 1. The van der Waals surface area contributed by atoms with Crippen molar-refractivity contribution in [3.05, 3.63) is 75.4 Å². The van der Waals surface area contributed by atoms with Gasteiger partial charge >= 0.3 is 0 Å².